The van der Waals surface area contributed by atoms with Crippen molar-refractivity contribution in [3.05, 3.63) is 30.0 Å². The third-order valence-corrected chi connectivity index (χ3v) is 4.27. The van der Waals surface area contributed by atoms with Crippen LogP contribution in [0.1, 0.15) is 11.5 Å². The quantitative estimate of drug-likeness (QED) is 0.652. The second-order valence-corrected chi connectivity index (χ2v) is 5.37. The number of carbonyl (C=O) groups is 2. The van der Waals surface area contributed by atoms with Crippen molar-refractivity contribution in [1.29, 1.82) is 0 Å². The SMILES string of the molecule is COc1ccc2[nH]cc(C3C(=O)NC(=O)C3Br)c2c1. The first-order chi connectivity index (χ1) is 9.11. The highest BCUT2D eigenvalue weighted by atomic mass is 79.9. The van der Waals surface area contributed by atoms with Crippen molar-refractivity contribution >= 4 is 38.6 Å². The Bertz CT molecular complexity index is 680. The molecule has 2 aromatic rings. The molecule has 1 fully saturated rings. The fraction of sp³-hybridized carbons (Fsp3) is 0.231. The number of amides is 2. The van der Waals surface area contributed by atoms with Gasteiger partial charge in [0.15, 0.2) is 0 Å². The molecule has 0 spiro atoms. The topological polar surface area (TPSA) is 71.2 Å². The molecule has 1 aromatic carbocycles. The molecule has 6 heteroatoms. The molecule has 2 N–H and O–H groups in total. The third kappa shape index (κ3) is 1.83. The number of ether oxygens (including phenoxy) is 1. The van der Waals surface area contributed by atoms with Crippen molar-refractivity contribution < 1.29 is 14.3 Å². The number of hydrogen-bond acceptors (Lipinski definition) is 3. The van der Waals surface area contributed by atoms with Gasteiger partial charge < -0.3 is 9.72 Å². The van der Waals surface area contributed by atoms with Crippen LogP contribution < -0.4 is 10.1 Å². The summed E-state index contributed by atoms with van der Waals surface area (Å²) in [6, 6.07) is 5.58. The van der Waals surface area contributed by atoms with Gasteiger partial charge in [-0.2, -0.15) is 0 Å². The van der Waals surface area contributed by atoms with E-state index in [4.69, 9.17) is 4.74 Å². The van der Waals surface area contributed by atoms with Gasteiger partial charge in [-0.1, -0.05) is 15.9 Å². The second-order valence-electron chi connectivity index (χ2n) is 4.39. The van der Waals surface area contributed by atoms with Crippen LogP contribution in [0.2, 0.25) is 0 Å². The third-order valence-electron chi connectivity index (χ3n) is 3.33. The summed E-state index contributed by atoms with van der Waals surface area (Å²) in [6.07, 6.45) is 1.77. The number of hydrogen-bond donors (Lipinski definition) is 2. The molecular formula is C13H11BrN2O3. The molecule has 0 saturated carbocycles. The van der Waals surface area contributed by atoms with Crippen molar-refractivity contribution in [2.45, 2.75) is 10.7 Å². The van der Waals surface area contributed by atoms with Gasteiger partial charge in [-0.3, -0.25) is 14.9 Å². The highest BCUT2D eigenvalue weighted by molar-refractivity contribution is 9.10. The molecule has 1 aromatic heterocycles. The Labute approximate surface area is 117 Å². The van der Waals surface area contributed by atoms with Gasteiger partial charge in [-0.15, -0.1) is 0 Å². The number of fused-ring (bicyclic) bond motifs is 1. The van der Waals surface area contributed by atoms with Crippen LogP contribution in [0.15, 0.2) is 24.4 Å². The fourth-order valence-electron chi connectivity index (χ4n) is 2.36. The predicted octanol–water partition coefficient (Wildman–Crippen LogP) is 1.68. The van der Waals surface area contributed by atoms with E-state index in [-0.39, 0.29) is 11.8 Å². The summed E-state index contributed by atoms with van der Waals surface area (Å²) in [4.78, 5) is 26.0. The maximum Gasteiger partial charge on any atom is 0.241 e. The zero-order chi connectivity index (χ0) is 13.6. The maximum atomic E-state index is 11.9. The summed E-state index contributed by atoms with van der Waals surface area (Å²) >= 11 is 3.28. The van der Waals surface area contributed by atoms with Crippen molar-refractivity contribution in [3.8, 4) is 5.75 Å². The first-order valence-corrected chi connectivity index (χ1v) is 6.67. The molecule has 1 aliphatic rings. The van der Waals surface area contributed by atoms with E-state index in [1.54, 1.807) is 13.3 Å². The molecule has 5 nitrogen and oxygen atoms in total. The Balaban J connectivity index is 2.15. The highest BCUT2D eigenvalue weighted by Crippen LogP contribution is 2.35. The highest BCUT2D eigenvalue weighted by Gasteiger charge is 2.42. The minimum absolute atomic E-state index is 0.282. The number of benzene rings is 1. The molecule has 2 unspecified atom stereocenters. The maximum absolute atomic E-state index is 11.9. The summed E-state index contributed by atoms with van der Waals surface area (Å²) < 4.78 is 5.19. The number of nitrogens with one attached hydrogen (secondary N) is 2. The van der Waals surface area contributed by atoms with Gasteiger partial charge >= 0.3 is 0 Å². The van der Waals surface area contributed by atoms with Gasteiger partial charge in [0.2, 0.25) is 11.8 Å². The number of aromatic amines is 1. The monoisotopic (exact) mass is 322 g/mol. The fourth-order valence-corrected chi connectivity index (χ4v) is 3.00. The summed E-state index contributed by atoms with van der Waals surface area (Å²) in [5.74, 6) is -0.389. The predicted molar refractivity (Wildman–Crippen MR) is 73.5 cm³/mol. The smallest absolute Gasteiger partial charge is 0.241 e. The normalized spacial score (nSPS) is 22.8. The Morgan fingerprint density at radius 2 is 2.05 bits per heavy atom. The largest absolute Gasteiger partial charge is 0.497 e. The summed E-state index contributed by atoms with van der Waals surface area (Å²) in [6.45, 7) is 0. The number of carbonyl (C=O) groups excluding carboxylic acids is 2. The summed E-state index contributed by atoms with van der Waals surface area (Å²) in [5.41, 5.74) is 1.70. The zero-order valence-corrected chi connectivity index (χ0v) is 11.7. The first kappa shape index (κ1) is 12.2. The number of halogens is 1. The number of imide groups is 1. The number of methoxy groups -OCH3 is 1. The molecule has 2 atom stereocenters. The van der Waals surface area contributed by atoms with Gasteiger partial charge in [0, 0.05) is 17.1 Å². The number of alkyl halides is 1. The molecule has 1 saturated heterocycles. The van der Waals surface area contributed by atoms with E-state index in [0.717, 1.165) is 16.5 Å². The van der Waals surface area contributed by atoms with Crippen molar-refractivity contribution in [1.82, 2.24) is 10.3 Å². The average Bonchev–Trinajstić information content (AvgIpc) is 2.91. The Hall–Kier alpha value is -1.82. The van der Waals surface area contributed by atoms with Crippen LogP contribution in [0, 0.1) is 0 Å². The molecule has 0 radical (unpaired) electrons. The van der Waals surface area contributed by atoms with Gasteiger partial charge in [0.1, 0.15) is 10.6 Å². The van der Waals surface area contributed by atoms with Gasteiger partial charge in [-0.25, -0.2) is 0 Å². The van der Waals surface area contributed by atoms with Gasteiger partial charge in [0.25, 0.3) is 0 Å². The van der Waals surface area contributed by atoms with E-state index in [9.17, 15) is 9.59 Å². The average molecular weight is 323 g/mol. The molecule has 0 bridgehead atoms. The number of H-pyrrole nitrogens is 1. The lowest BCUT2D eigenvalue weighted by atomic mass is 9.97. The van der Waals surface area contributed by atoms with E-state index >= 15 is 0 Å². The Kier molecular flexibility index (Phi) is 2.82. The molecule has 0 aliphatic carbocycles. The summed E-state index contributed by atoms with van der Waals surface area (Å²) in [7, 11) is 1.59. The first-order valence-electron chi connectivity index (χ1n) is 5.75. The number of aromatic nitrogens is 1. The van der Waals surface area contributed by atoms with E-state index in [1.807, 2.05) is 18.2 Å². The van der Waals surface area contributed by atoms with Crippen LogP contribution in [0.3, 0.4) is 0 Å². The molecule has 98 valence electrons. The lowest BCUT2D eigenvalue weighted by Crippen LogP contribution is -2.22. The molecule has 3 rings (SSSR count). The number of rotatable bonds is 2. The van der Waals surface area contributed by atoms with E-state index < -0.39 is 10.7 Å². The molecule has 1 aliphatic heterocycles. The molecule has 2 heterocycles. The minimum Gasteiger partial charge on any atom is -0.497 e. The van der Waals surface area contributed by atoms with Crippen molar-refractivity contribution in [2.24, 2.45) is 0 Å². The van der Waals surface area contributed by atoms with Crippen LogP contribution >= 0.6 is 15.9 Å². The van der Waals surface area contributed by atoms with Crippen molar-refractivity contribution in [3.63, 3.8) is 0 Å². The second kappa shape index (κ2) is 4.38. The molecule has 19 heavy (non-hydrogen) atoms. The van der Waals surface area contributed by atoms with Crippen LogP contribution in [0.4, 0.5) is 0 Å². The zero-order valence-electron chi connectivity index (χ0n) is 10.1. The van der Waals surface area contributed by atoms with Crippen LogP contribution in [-0.2, 0) is 9.59 Å². The van der Waals surface area contributed by atoms with Gasteiger partial charge in [-0.05, 0) is 23.8 Å². The van der Waals surface area contributed by atoms with Crippen molar-refractivity contribution in [2.75, 3.05) is 7.11 Å². The van der Waals surface area contributed by atoms with Crippen LogP contribution in [0.25, 0.3) is 10.9 Å². The van der Waals surface area contributed by atoms with Gasteiger partial charge in [0.05, 0.1) is 13.0 Å². The standard InChI is InChI=1S/C13H11BrN2O3/c1-19-6-2-3-9-7(4-6)8(5-15-9)10-11(14)13(18)16-12(10)17/h2-5,10-11,15H,1H3,(H,16,17,18). The minimum atomic E-state index is -0.537. The van der Waals surface area contributed by atoms with Crippen LogP contribution in [0.5, 0.6) is 5.75 Å². The van der Waals surface area contributed by atoms with Crippen LogP contribution in [-0.4, -0.2) is 28.7 Å². The van der Waals surface area contributed by atoms with E-state index in [2.05, 4.69) is 26.2 Å². The molecular weight excluding hydrogens is 312 g/mol. The lowest BCUT2D eigenvalue weighted by molar-refractivity contribution is -0.125. The Morgan fingerprint density at radius 1 is 1.26 bits per heavy atom. The van der Waals surface area contributed by atoms with E-state index in [1.165, 1.54) is 0 Å². The van der Waals surface area contributed by atoms with E-state index in [0.29, 0.717) is 5.75 Å². The summed E-state index contributed by atoms with van der Waals surface area (Å²) in [5, 5.41) is 3.22. The lowest BCUT2D eigenvalue weighted by Gasteiger charge is -2.09. The molecule has 2 amide bonds. The Morgan fingerprint density at radius 3 is 2.68 bits per heavy atom.